The minimum Gasteiger partial charge on any atom is -0.347 e. The summed E-state index contributed by atoms with van der Waals surface area (Å²) in [6, 6.07) is 7.65. The number of hydrogen-bond donors (Lipinski definition) is 2. The third kappa shape index (κ3) is 5.05. The maximum atomic E-state index is 12.4. The van der Waals surface area contributed by atoms with Crippen LogP contribution in [-0.4, -0.2) is 35.8 Å². The maximum absolute atomic E-state index is 12.4. The molecule has 0 aliphatic carbocycles. The number of amides is 4. The summed E-state index contributed by atoms with van der Waals surface area (Å²) in [5.41, 5.74) is 2.30. The first-order valence-corrected chi connectivity index (χ1v) is 8.76. The van der Waals surface area contributed by atoms with Gasteiger partial charge in [0.05, 0.1) is 6.04 Å². The molecular formula is C19H27N3O3. The van der Waals surface area contributed by atoms with E-state index in [-0.39, 0.29) is 43.3 Å². The van der Waals surface area contributed by atoms with Crippen LogP contribution in [0.4, 0.5) is 4.79 Å². The highest BCUT2D eigenvalue weighted by molar-refractivity contribution is 5.98. The smallest absolute Gasteiger partial charge is 0.324 e. The molecule has 25 heavy (non-hydrogen) atoms. The van der Waals surface area contributed by atoms with Gasteiger partial charge in [-0.05, 0) is 23.0 Å². The van der Waals surface area contributed by atoms with Crippen LogP contribution in [0.25, 0.3) is 0 Å². The highest BCUT2D eigenvalue weighted by Gasteiger charge is 2.26. The summed E-state index contributed by atoms with van der Waals surface area (Å²) in [5.74, 6) is 0.148. The molecule has 0 bridgehead atoms. The Kier molecular flexibility index (Phi) is 6.17. The minimum absolute atomic E-state index is 0.0492. The van der Waals surface area contributed by atoms with Crippen molar-refractivity contribution in [3.05, 3.63) is 35.4 Å². The summed E-state index contributed by atoms with van der Waals surface area (Å²) in [6.07, 6.45) is 0.225. The number of hydrogen-bond acceptors (Lipinski definition) is 3. The van der Waals surface area contributed by atoms with Crippen LogP contribution in [0, 0.1) is 5.92 Å². The monoisotopic (exact) mass is 345 g/mol. The Hall–Kier alpha value is -2.37. The van der Waals surface area contributed by atoms with Crippen molar-refractivity contribution in [2.24, 2.45) is 5.92 Å². The van der Waals surface area contributed by atoms with Crippen LogP contribution in [0.15, 0.2) is 24.3 Å². The van der Waals surface area contributed by atoms with Crippen LogP contribution in [0.5, 0.6) is 0 Å². The summed E-state index contributed by atoms with van der Waals surface area (Å²) >= 11 is 0. The van der Waals surface area contributed by atoms with Crippen LogP contribution in [0.2, 0.25) is 0 Å². The highest BCUT2D eigenvalue weighted by atomic mass is 16.2. The number of carbonyl (C=O) groups excluding carboxylic acids is 3. The number of urea groups is 1. The lowest BCUT2D eigenvalue weighted by atomic mass is 9.93. The molecule has 0 unspecified atom stereocenters. The summed E-state index contributed by atoms with van der Waals surface area (Å²) in [4.78, 5) is 36.7. The van der Waals surface area contributed by atoms with Crippen molar-refractivity contribution >= 4 is 17.8 Å². The molecular weight excluding hydrogens is 318 g/mol. The molecule has 2 N–H and O–H groups in total. The van der Waals surface area contributed by atoms with Gasteiger partial charge in [-0.2, -0.15) is 0 Å². The van der Waals surface area contributed by atoms with E-state index in [1.165, 1.54) is 10.5 Å². The number of imide groups is 1. The van der Waals surface area contributed by atoms with Gasteiger partial charge in [-0.25, -0.2) is 4.79 Å². The van der Waals surface area contributed by atoms with Crippen molar-refractivity contribution in [2.45, 2.75) is 46.1 Å². The Morgan fingerprint density at radius 3 is 2.24 bits per heavy atom. The quantitative estimate of drug-likeness (QED) is 0.832. The molecule has 6 nitrogen and oxygen atoms in total. The van der Waals surface area contributed by atoms with Gasteiger partial charge in [0.2, 0.25) is 11.8 Å². The van der Waals surface area contributed by atoms with Gasteiger partial charge in [-0.3, -0.25) is 14.9 Å². The molecule has 1 fully saturated rings. The van der Waals surface area contributed by atoms with Crippen molar-refractivity contribution in [2.75, 3.05) is 13.1 Å². The molecule has 4 amide bonds. The SMILES string of the molecule is CC(C)c1ccc([C@H](NC(=O)CN2CCC(=O)NC2=O)C(C)C)cc1. The summed E-state index contributed by atoms with van der Waals surface area (Å²) < 4.78 is 0. The van der Waals surface area contributed by atoms with Gasteiger partial charge < -0.3 is 10.2 Å². The van der Waals surface area contributed by atoms with Crippen LogP contribution in [0.3, 0.4) is 0 Å². The predicted octanol–water partition coefficient (Wildman–Crippen LogP) is 2.57. The second-order valence-electron chi connectivity index (χ2n) is 7.14. The number of nitrogens with one attached hydrogen (secondary N) is 2. The molecule has 0 aromatic heterocycles. The first-order valence-electron chi connectivity index (χ1n) is 8.76. The van der Waals surface area contributed by atoms with Crippen LogP contribution in [-0.2, 0) is 9.59 Å². The predicted molar refractivity (Wildman–Crippen MR) is 96.0 cm³/mol. The Labute approximate surface area is 149 Å². The average Bonchev–Trinajstić information content (AvgIpc) is 2.55. The number of benzene rings is 1. The lowest BCUT2D eigenvalue weighted by molar-refractivity contribution is -0.125. The van der Waals surface area contributed by atoms with E-state index in [9.17, 15) is 14.4 Å². The minimum atomic E-state index is -0.506. The zero-order valence-corrected chi connectivity index (χ0v) is 15.3. The molecule has 0 saturated carbocycles. The molecule has 1 aliphatic heterocycles. The molecule has 1 heterocycles. The second kappa shape index (κ2) is 8.14. The lowest BCUT2D eigenvalue weighted by Gasteiger charge is -2.28. The summed E-state index contributed by atoms with van der Waals surface area (Å²) in [6.45, 7) is 8.61. The number of rotatable bonds is 6. The van der Waals surface area contributed by atoms with Gasteiger partial charge in [0.1, 0.15) is 6.54 Å². The van der Waals surface area contributed by atoms with E-state index in [0.717, 1.165) is 5.56 Å². The topological polar surface area (TPSA) is 78.5 Å². The molecule has 1 atom stereocenters. The lowest BCUT2D eigenvalue weighted by Crippen LogP contribution is -2.52. The standard InChI is InChI=1S/C19H27N3O3/c1-12(2)14-5-7-15(8-6-14)18(13(3)4)20-17(24)11-22-10-9-16(23)21-19(22)25/h5-8,12-13,18H,9-11H2,1-4H3,(H,20,24)(H,21,23,25)/t18-/m1/s1. The Bertz CT molecular complexity index is 638. The van der Waals surface area contributed by atoms with E-state index in [1.54, 1.807) is 0 Å². The third-order valence-electron chi connectivity index (χ3n) is 4.42. The maximum Gasteiger partial charge on any atom is 0.324 e. The summed E-state index contributed by atoms with van der Waals surface area (Å²) in [5, 5.41) is 5.24. The van der Waals surface area contributed by atoms with Gasteiger partial charge in [0.15, 0.2) is 0 Å². The number of carbonyl (C=O) groups is 3. The molecule has 2 rings (SSSR count). The van der Waals surface area contributed by atoms with Gasteiger partial charge in [0, 0.05) is 13.0 Å². The van der Waals surface area contributed by atoms with E-state index in [0.29, 0.717) is 5.92 Å². The average molecular weight is 345 g/mol. The van der Waals surface area contributed by atoms with E-state index in [1.807, 2.05) is 26.0 Å². The fourth-order valence-electron chi connectivity index (χ4n) is 2.87. The van der Waals surface area contributed by atoms with Crippen LogP contribution < -0.4 is 10.6 Å². The largest absolute Gasteiger partial charge is 0.347 e. The fraction of sp³-hybridized carbons (Fsp3) is 0.526. The zero-order valence-electron chi connectivity index (χ0n) is 15.3. The molecule has 0 spiro atoms. The van der Waals surface area contributed by atoms with E-state index >= 15 is 0 Å². The molecule has 1 aromatic rings. The van der Waals surface area contributed by atoms with Crippen molar-refractivity contribution in [1.29, 1.82) is 0 Å². The van der Waals surface area contributed by atoms with Gasteiger partial charge >= 0.3 is 6.03 Å². The molecule has 1 saturated heterocycles. The van der Waals surface area contributed by atoms with Crippen LogP contribution in [0.1, 0.15) is 57.2 Å². The molecule has 6 heteroatoms. The number of nitrogens with zero attached hydrogens (tertiary/aromatic N) is 1. The first-order chi connectivity index (χ1) is 11.8. The van der Waals surface area contributed by atoms with Crippen molar-refractivity contribution in [1.82, 2.24) is 15.5 Å². The van der Waals surface area contributed by atoms with Crippen molar-refractivity contribution < 1.29 is 14.4 Å². The fourth-order valence-corrected chi connectivity index (χ4v) is 2.87. The first kappa shape index (κ1) is 19.0. The Balaban J connectivity index is 2.02. The van der Waals surface area contributed by atoms with E-state index in [2.05, 4.69) is 36.6 Å². The van der Waals surface area contributed by atoms with Crippen LogP contribution >= 0.6 is 0 Å². The normalized spacial score (nSPS) is 16.2. The van der Waals surface area contributed by atoms with E-state index in [4.69, 9.17) is 0 Å². The van der Waals surface area contributed by atoms with Gasteiger partial charge in [-0.15, -0.1) is 0 Å². The second-order valence-corrected chi connectivity index (χ2v) is 7.14. The van der Waals surface area contributed by atoms with Gasteiger partial charge in [-0.1, -0.05) is 52.0 Å². The van der Waals surface area contributed by atoms with Crippen molar-refractivity contribution in [3.63, 3.8) is 0 Å². The summed E-state index contributed by atoms with van der Waals surface area (Å²) in [7, 11) is 0. The molecule has 1 aliphatic rings. The highest BCUT2D eigenvalue weighted by Crippen LogP contribution is 2.24. The third-order valence-corrected chi connectivity index (χ3v) is 4.42. The Morgan fingerprint density at radius 2 is 1.72 bits per heavy atom. The van der Waals surface area contributed by atoms with Gasteiger partial charge in [0.25, 0.3) is 0 Å². The molecule has 136 valence electrons. The molecule has 0 radical (unpaired) electrons. The zero-order chi connectivity index (χ0) is 18.6. The Morgan fingerprint density at radius 1 is 1.12 bits per heavy atom. The van der Waals surface area contributed by atoms with E-state index < -0.39 is 6.03 Å². The molecule has 1 aromatic carbocycles. The van der Waals surface area contributed by atoms with Crippen molar-refractivity contribution in [3.8, 4) is 0 Å².